The Morgan fingerprint density at radius 1 is 1.25 bits per heavy atom. The number of rotatable bonds is 1. The molecular weight excluding hydrogens is 276 g/mol. The van der Waals surface area contributed by atoms with Crippen LogP contribution in [0.4, 0.5) is 5.88 Å². The van der Waals surface area contributed by atoms with Crippen LogP contribution >= 0.6 is 15.9 Å². The minimum absolute atomic E-state index is 0.207. The smallest absolute Gasteiger partial charge is 0.231 e. The summed E-state index contributed by atoms with van der Waals surface area (Å²) in [5.74, 6) is 1.60. The number of ether oxygens (including phenoxy) is 2. The molecule has 0 saturated carbocycles. The number of anilines is 1. The fraction of sp³-hybridized carbons (Fsp3) is 0.100. The lowest BCUT2D eigenvalue weighted by Gasteiger charge is -2.03. The molecule has 1 aliphatic rings. The zero-order valence-corrected chi connectivity index (χ0v) is 9.65. The molecular formula is C10H7BrN2O3. The second-order valence-corrected chi connectivity index (χ2v) is 4.13. The van der Waals surface area contributed by atoms with Crippen LogP contribution in [-0.4, -0.2) is 11.9 Å². The number of halogens is 1. The number of nitrogens with zero attached hydrogens (tertiary/aromatic N) is 1. The summed E-state index contributed by atoms with van der Waals surface area (Å²) in [4.78, 5) is 0. The first-order valence-electron chi connectivity index (χ1n) is 4.56. The van der Waals surface area contributed by atoms with Gasteiger partial charge in [0.25, 0.3) is 0 Å². The molecule has 2 N–H and O–H groups in total. The van der Waals surface area contributed by atoms with E-state index in [2.05, 4.69) is 21.1 Å². The maximum atomic E-state index is 5.48. The SMILES string of the molecule is Nc1cc(-c2ccc(Br)c3c2OCO3)no1. The molecule has 5 nitrogen and oxygen atoms in total. The van der Waals surface area contributed by atoms with Crippen molar-refractivity contribution < 1.29 is 14.0 Å². The van der Waals surface area contributed by atoms with Crippen molar-refractivity contribution in [3.8, 4) is 22.8 Å². The third-order valence-corrected chi connectivity index (χ3v) is 2.90. The third-order valence-electron chi connectivity index (χ3n) is 2.27. The molecule has 2 aromatic rings. The van der Waals surface area contributed by atoms with Crippen molar-refractivity contribution in [3.05, 3.63) is 22.7 Å². The van der Waals surface area contributed by atoms with Gasteiger partial charge >= 0.3 is 0 Å². The second kappa shape index (κ2) is 3.41. The summed E-state index contributed by atoms with van der Waals surface area (Å²) in [6, 6.07) is 5.38. The van der Waals surface area contributed by atoms with Gasteiger partial charge < -0.3 is 19.7 Å². The minimum atomic E-state index is 0.207. The van der Waals surface area contributed by atoms with E-state index in [1.54, 1.807) is 6.07 Å². The molecule has 0 aliphatic carbocycles. The Bertz CT molecular complexity index is 553. The van der Waals surface area contributed by atoms with E-state index < -0.39 is 0 Å². The van der Waals surface area contributed by atoms with Crippen molar-refractivity contribution in [2.24, 2.45) is 0 Å². The van der Waals surface area contributed by atoms with Crippen LogP contribution in [0.2, 0.25) is 0 Å². The Labute approximate surface area is 99.2 Å². The van der Waals surface area contributed by atoms with Crippen LogP contribution in [-0.2, 0) is 0 Å². The molecule has 3 rings (SSSR count). The van der Waals surface area contributed by atoms with Gasteiger partial charge in [0.1, 0.15) is 5.69 Å². The first kappa shape index (κ1) is 9.53. The van der Waals surface area contributed by atoms with Crippen LogP contribution in [0, 0.1) is 0 Å². The summed E-state index contributed by atoms with van der Waals surface area (Å²) in [7, 11) is 0. The molecule has 0 amide bonds. The number of nitrogen functional groups attached to an aromatic ring is 1. The summed E-state index contributed by atoms with van der Waals surface area (Å²) in [5.41, 5.74) is 6.91. The van der Waals surface area contributed by atoms with E-state index in [0.29, 0.717) is 17.2 Å². The lowest BCUT2D eigenvalue weighted by molar-refractivity contribution is 0.173. The van der Waals surface area contributed by atoms with Gasteiger partial charge in [0.05, 0.1) is 4.47 Å². The highest BCUT2D eigenvalue weighted by molar-refractivity contribution is 9.10. The first-order valence-corrected chi connectivity index (χ1v) is 5.35. The van der Waals surface area contributed by atoms with Crippen LogP contribution in [0.5, 0.6) is 11.5 Å². The van der Waals surface area contributed by atoms with Gasteiger partial charge in [0, 0.05) is 11.6 Å². The molecule has 1 aromatic heterocycles. The van der Waals surface area contributed by atoms with Crippen LogP contribution in [0.25, 0.3) is 11.3 Å². The maximum absolute atomic E-state index is 5.48. The number of hydrogen-bond acceptors (Lipinski definition) is 5. The van der Waals surface area contributed by atoms with Crippen molar-refractivity contribution in [2.75, 3.05) is 12.5 Å². The lowest BCUT2D eigenvalue weighted by Crippen LogP contribution is -1.93. The number of fused-ring (bicyclic) bond motifs is 1. The lowest BCUT2D eigenvalue weighted by atomic mass is 10.1. The summed E-state index contributed by atoms with van der Waals surface area (Å²) >= 11 is 3.39. The Morgan fingerprint density at radius 3 is 2.81 bits per heavy atom. The quantitative estimate of drug-likeness (QED) is 0.870. The van der Waals surface area contributed by atoms with Crippen molar-refractivity contribution >= 4 is 21.8 Å². The number of aromatic nitrogens is 1. The fourth-order valence-corrected chi connectivity index (χ4v) is 2.01. The maximum Gasteiger partial charge on any atom is 0.231 e. The molecule has 0 unspecified atom stereocenters. The first-order chi connectivity index (χ1) is 7.75. The normalized spacial score (nSPS) is 13.1. The monoisotopic (exact) mass is 282 g/mol. The third kappa shape index (κ3) is 1.34. The molecule has 0 bridgehead atoms. The summed E-state index contributed by atoms with van der Waals surface area (Å²) in [6.07, 6.45) is 0. The molecule has 82 valence electrons. The van der Waals surface area contributed by atoms with Crippen molar-refractivity contribution in [2.45, 2.75) is 0 Å². The molecule has 6 heteroatoms. The molecule has 0 atom stereocenters. The van der Waals surface area contributed by atoms with Gasteiger partial charge in [-0.25, -0.2) is 0 Å². The molecule has 16 heavy (non-hydrogen) atoms. The van der Waals surface area contributed by atoms with Gasteiger partial charge in [-0.1, -0.05) is 5.16 Å². The van der Waals surface area contributed by atoms with E-state index in [1.165, 1.54) is 0 Å². The molecule has 1 aromatic carbocycles. The summed E-state index contributed by atoms with van der Waals surface area (Å²) < 4.78 is 16.4. The molecule has 1 aliphatic heterocycles. The van der Waals surface area contributed by atoms with Crippen LogP contribution < -0.4 is 15.2 Å². The van der Waals surface area contributed by atoms with Gasteiger partial charge in [-0.2, -0.15) is 0 Å². The van der Waals surface area contributed by atoms with E-state index in [1.807, 2.05) is 12.1 Å². The second-order valence-electron chi connectivity index (χ2n) is 3.27. The average molecular weight is 283 g/mol. The standard InChI is InChI=1S/C10H7BrN2O3/c11-6-2-1-5(7-3-8(12)16-13-7)9-10(6)15-4-14-9/h1-3H,4,12H2. The fourth-order valence-electron chi connectivity index (χ4n) is 1.58. The van der Waals surface area contributed by atoms with Crippen LogP contribution in [0.15, 0.2) is 27.2 Å². The predicted octanol–water partition coefficient (Wildman–Crippen LogP) is 2.42. The Kier molecular flexibility index (Phi) is 2.03. The topological polar surface area (TPSA) is 70.5 Å². The van der Waals surface area contributed by atoms with E-state index >= 15 is 0 Å². The van der Waals surface area contributed by atoms with E-state index in [4.69, 9.17) is 19.7 Å². The predicted molar refractivity (Wildman–Crippen MR) is 60.2 cm³/mol. The number of nitrogens with two attached hydrogens (primary N) is 1. The Balaban J connectivity index is 2.19. The van der Waals surface area contributed by atoms with Crippen LogP contribution in [0.1, 0.15) is 0 Å². The zero-order valence-electron chi connectivity index (χ0n) is 8.07. The van der Waals surface area contributed by atoms with Crippen LogP contribution in [0.3, 0.4) is 0 Å². The molecule has 0 radical (unpaired) electrons. The van der Waals surface area contributed by atoms with E-state index in [0.717, 1.165) is 10.0 Å². The molecule has 0 saturated heterocycles. The van der Waals surface area contributed by atoms with Crippen molar-refractivity contribution in [1.29, 1.82) is 0 Å². The minimum Gasteiger partial charge on any atom is -0.453 e. The highest BCUT2D eigenvalue weighted by atomic mass is 79.9. The summed E-state index contributed by atoms with van der Waals surface area (Å²) in [6.45, 7) is 0.207. The van der Waals surface area contributed by atoms with Gasteiger partial charge in [-0.05, 0) is 28.1 Å². The Morgan fingerprint density at radius 2 is 2.06 bits per heavy atom. The molecule has 0 spiro atoms. The van der Waals surface area contributed by atoms with E-state index in [-0.39, 0.29) is 12.7 Å². The number of benzene rings is 1. The van der Waals surface area contributed by atoms with E-state index in [9.17, 15) is 0 Å². The van der Waals surface area contributed by atoms with Gasteiger partial charge in [-0.3, -0.25) is 0 Å². The van der Waals surface area contributed by atoms with Gasteiger partial charge in [-0.15, -0.1) is 0 Å². The largest absolute Gasteiger partial charge is 0.453 e. The molecule has 0 fully saturated rings. The number of hydrogen-bond donors (Lipinski definition) is 1. The average Bonchev–Trinajstić information content (AvgIpc) is 2.87. The van der Waals surface area contributed by atoms with Crippen molar-refractivity contribution in [3.63, 3.8) is 0 Å². The zero-order chi connectivity index (χ0) is 11.1. The van der Waals surface area contributed by atoms with Crippen molar-refractivity contribution in [1.82, 2.24) is 5.16 Å². The Hall–Kier alpha value is -1.69. The molecule has 2 heterocycles. The highest BCUT2D eigenvalue weighted by Gasteiger charge is 2.23. The summed E-state index contributed by atoms with van der Waals surface area (Å²) in [5, 5.41) is 3.84. The van der Waals surface area contributed by atoms with Gasteiger partial charge in [0.2, 0.25) is 12.7 Å². The highest BCUT2D eigenvalue weighted by Crippen LogP contribution is 2.45. The van der Waals surface area contributed by atoms with Gasteiger partial charge in [0.15, 0.2) is 11.5 Å².